The van der Waals surface area contributed by atoms with Crippen molar-refractivity contribution in [2.75, 3.05) is 0 Å². The van der Waals surface area contributed by atoms with Gasteiger partial charge in [0.25, 0.3) is 0 Å². The van der Waals surface area contributed by atoms with Gasteiger partial charge in [0.1, 0.15) is 5.60 Å². The van der Waals surface area contributed by atoms with Crippen molar-refractivity contribution in [1.82, 2.24) is 10.3 Å². The number of unbranched alkanes of at least 4 members (excludes halogenated alkanes) is 1. The summed E-state index contributed by atoms with van der Waals surface area (Å²) in [5.74, 6) is -1.13. The molecule has 1 amide bonds. The van der Waals surface area contributed by atoms with Gasteiger partial charge in [0.05, 0.1) is 11.6 Å². The number of aromatic nitrogens is 1. The van der Waals surface area contributed by atoms with Crippen molar-refractivity contribution in [2.45, 2.75) is 65.5 Å². The van der Waals surface area contributed by atoms with E-state index < -0.39 is 29.4 Å². The first-order valence-corrected chi connectivity index (χ1v) is 7.71. The summed E-state index contributed by atoms with van der Waals surface area (Å²) in [6.07, 6.45) is 1.30. The lowest BCUT2D eigenvalue weighted by atomic mass is 9.98. The summed E-state index contributed by atoms with van der Waals surface area (Å²) in [5.41, 5.74) is -0.438. The lowest BCUT2D eigenvalue weighted by Gasteiger charge is -2.23. The molecule has 0 fully saturated rings. The van der Waals surface area contributed by atoms with E-state index in [1.807, 2.05) is 6.92 Å². The molecule has 0 radical (unpaired) electrons. The van der Waals surface area contributed by atoms with Crippen LogP contribution in [-0.4, -0.2) is 38.7 Å². The maximum atomic E-state index is 12.6. The minimum atomic E-state index is -0.829. The average Bonchev–Trinajstić information content (AvgIpc) is 2.65. The predicted molar refractivity (Wildman–Crippen MR) is 85.9 cm³/mol. The molecular formula is C16H26N2O5. The molecule has 0 unspecified atom stereocenters. The molecule has 7 heteroatoms. The van der Waals surface area contributed by atoms with Crippen LogP contribution in [0, 0.1) is 6.92 Å². The molecule has 0 aliphatic rings. The molecule has 0 bridgehead atoms. The molecule has 1 aromatic rings. The summed E-state index contributed by atoms with van der Waals surface area (Å²) < 4.78 is 5.18. The Hall–Kier alpha value is -2.18. The zero-order valence-electron chi connectivity index (χ0n) is 14.3. The molecule has 0 aliphatic heterocycles. The van der Waals surface area contributed by atoms with Gasteiger partial charge < -0.3 is 20.3 Å². The van der Waals surface area contributed by atoms with Crippen molar-refractivity contribution in [3.63, 3.8) is 0 Å². The number of Topliss-reactive ketones (excluding diaryl/α,β-unsaturated/α-hetero) is 1. The van der Waals surface area contributed by atoms with Crippen LogP contribution in [0.2, 0.25) is 0 Å². The highest BCUT2D eigenvalue weighted by Gasteiger charge is 2.29. The number of amides is 1. The highest BCUT2D eigenvalue weighted by molar-refractivity contribution is 6.05. The smallest absolute Gasteiger partial charge is 0.408 e. The fraction of sp³-hybridized carbons (Fsp3) is 0.625. The van der Waals surface area contributed by atoms with Crippen LogP contribution in [0.4, 0.5) is 4.79 Å². The van der Waals surface area contributed by atoms with Gasteiger partial charge in [-0.05, 0) is 34.1 Å². The maximum Gasteiger partial charge on any atom is 0.408 e. The summed E-state index contributed by atoms with van der Waals surface area (Å²) in [5, 5.41) is 21.9. The van der Waals surface area contributed by atoms with Crippen molar-refractivity contribution < 1.29 is 24.5 Å². The van der Waals surface area contributed by atoms with E-state index in [9.17, 15) is 19.8 Å². The third-order valence-electron chi connectivity index (χ3n) is 3.30. The second-order valence-electron chi connectivity index (χ2n) is 6.53. The molecule has 7 nitrogen and oxygen atoms in total. The number of carbonyl (C=O) groups excluding carboxylic acids is 2. The van der Waals surface area contributed by atoms with Crippen LogP contribution in [-0.2, 0) is 4.74 Å². The third-order valence-corrected chi connectivity index (χ3v) is 3.30. The molecule has 0 aliphatic carbocycles. The van der Waals surface area contributed by atoms with Crippen LogP contribution in [0.3, 0.4) is 0 Å². The van der Waals surface area contributed by atoms with E-state index in [1.165, 1.54) is 6.92 Å². The third kappa shape index (κ3) is 5.19. The van der Waals surface area contributed by atoms with E-state index in [-0.39, 0.29) is 17.0 Å². The van der Waals surface area contributed by atoms with Crippen LogP contribution >= 0.6 is 0 Å². The Kier molecular flexibility index (Phi) is 6.06. The minimum absolute atomic E-state index is 0.0142. The number of H-pyrrole nitrogens is 1. The first kappa shape index (κ1) is 18.9. The number of ketones is 1. The Bertz CT molecular complexity index is 572. The number of alkyl carbamates (subject to hydrolysis) is 1. The van der Waals surface area contributed by atoms with Crippen molar-refractivity contribution in [2.24, 2.45) is 0 Å². The number of nitrogens with one attached hydrogen (secondary N) is 2. The van der Waals surface area contributed by atoms with Crippen molar-refractivity contribution >= 4 is 11.9 Å². The Labute approximate surface area is 136 Å². The summed E-state index contributed by atoms with van der Waals surface area (Å²) >= 11 is 0. The maximum absolute atomic E-state index is 12.6. The molecular weight excluding hydrogens is 300 g/mol. The molecule has 1 heterocycles. The van der Waals surface area contributed by atoms with Crippen LogP contribution in [0.25, 0.3) is 0 Å². The standard InChI is InChI=1S/C16H26N2O5/c1-6-7-8-10(17-15(22)23-16(3,4)5)12(19)11-9(2)13(20)18-14(11)21/h10,18,20-21H,6-8H2,1-5H3,(H,17,22)/t10-/m0/s1. The van der Waals surface area contributed by atoms with E-state index in [1.54, 1.807) is 20.8 Å². The largest absolute Gasteiger partial charge is 0.494 e. The van der Waals surface area contributed by atoms with Crippen molar-refractivity contribution in [3.05, 3.63) is 11.1 Å². The monoisotopic (exact) mass is 326 g/mol. The number of ether oxygens (including phenoxy) is 1. The van der Waals surface area contributed by atoms with Crippen molar-refractivity contribution in [3.8, 4) is 11.8 Å². The number of aromatic amines is 1. The van der Waals surface area contributed by atoms with Gasteiger partial charge in [-0.2, -0.15) is 0 Å². The van der Waals surface area contributed by atoms with Crippen LogP contribution < -0.4 is 5.32 Å². The van der Waals surface area contributed by atoms with E-state index in [0.29, 0.717) is 6.42 Å². The van der Waals surface area contributed by atoms with E-state index in [4.69, 9.17) is 4.74 Å². The molecule has 0 spiro atoms. The molecule has 1 rings (SSSR count). The second kappa shape index (κ2) is 7.39. The summed E-state index contributed by atoms with van der Waals surface area (Å²) in [6.45, 7) is 8.68. The highest BCUT2D eigenvalue weighted by atomic mass is 16.6. The molecule has 0 aromatic carbocycles. The summed E-state index contributed by atoms with van der Waals surface area (Å²) in [6, 6.07) is -0.829. The van der Waals surface area contributed by atoms with E-state index in [2.05, 4.69) is 10.3 Å². The zero-order chi connectivity index (χ0) is 17.8. The fourth-order valence-electron chi connectivity index (χ4n) is 2.17. The van der Waals surface area contributed by atoms with E-state index in [0.717, 1.165) is 12.8 Å². The predicted octanol–water partition coefficient (Wildman–Crippen LogP) is 3.00. The molecule has 0 saturated carbocycles. The van der Waals surface area contributed by atoms with Gasteiger partial charge in [-0.1, -0.05) is 19.8 Å². The number of carbonyl (C=O) groups is 2. The Balaban J connectivity index is 2.97. The quantitative estimate of drug-likeness (QED) is 0.600. The first-order chi connectivity index (χ1) is 10.6. The SMILES string of the molecule is CCCC[C@H](NC(=O)OC(C)(C)C)C(=O)c1c(O)[nH]c(O)c1C. The number of rotatable bonds is 6. The Morgan fingerprint density at radius 1 is 1.26 bits per heavy atom. The van der Waals surface area contributed by atoms with Crippen LogP contribution in [0.5, 0.6) is 11.8 Å². The Morgan fingerprint density at radius 3 is 2.30 bits per heavy atom. The first-order valence-electron chi connectivity index (χ1n) is 7.71. The topological polar surface area (TPSA) is 112 Å². The minimum Gasteiger partial charge on any atom is -0.494 e. The number of aromatic hydroxyl groups is 2. The lowest BCUT2D eigenvalue weighted by Crippen LogP contribution is -2.43. The van der Waals surface area contributed by atoms with Gasteiger partial charge in [-0.25, -0.2) is 4.79 Å². The Morgan fingerprint density at radius 2 is 1.87 bits per heavy atom. The highest BCUT2D eigenvalue weighted by Crippen LogP contribution is 2.29. The zero-order valence-corrected chi connectivity index (χ0v) is 14.3. The number of hydrogen-bond donors (Lipinski definition) is 4. The van der Waals surface area contributed by atoms with Gasteiger partial charge >= 0.3 is 6.09 Å². The molecule has 130 valence electrons. The van der Waals surface area contributed by atoms with Gasteiger partial charge in [-0.3, -0.25) is 9.78 Å². The van der Waals surface area contributed by atoms with Crippen molar-refractivity contribution in [1.29, 1.82) is 0 Å². The average molecular weight is 326 g/mol. The molecule has 23 heavy (non-hydrogen) atoms. The lowest BCUT2D eigenvalue weighted by molar-refractivity contribution is 0.0487. The van der Waals surface area contributed by atoms with Crippen LogP contribution in [0.15, 0.2) is 0 Å². The number of hydrogen-bond acceptors (Lipinski definition) is 5. The normalized spacial score (nSPS) is 12.7. The van der Waals surface area contributed by atoms with Crippen LogP contribution in [0.1, 0.15) is 62.9 Å². The van der Waals surface area contributed by atoms with Gasteiger partial charge in [-0.15, -0.1) is 0 Å². The molecule has 1 aromatic heterocycles. The molecule has 1 atom stereocenters. The fourth-order valence-corrected chi connectivity index (χ4v) is 2.17. The molecule has 0 saturated heterocycles. The molecule has 4 N–H and O–H groups in total. The van der Waals surface area contributed by atoms with Gasteiger partial charge in [0.15, 0.2) is 11.7 Å². The van der Waals surface area contributed by atoms with Gasteiger partial charge in [0.2, 0.25) is 5.88 Å². The van der Waals surface area contributed by atoms with Gasteiger partial charge in [0, 0.05) is 5.56 Å². The second-order valence-corrected chi connectivity index (χ2v) is 6.53. The summed E-state index contributed by atoms with van der Waals surface area (Å²) in [4.78, 5) is 26.9. The summed E-state index contributed by atoms with van der Waals surface area (Å²) in [7, 11) is 0. The van der Waals surface area contributed by atoms with E-state index >= 15 is 0 Å².